The first-order valence-electron chi connectivity index (χ1n) is 6.82. The van der Waals surface area contributed by atoms with E-state index in [0.29, 0.717) is 11.0 Å². The van der Waals surface area contributed by atoms with E-state index >= 15 is 0 Å². The molecule has 1 aromatic carbocycles. The van der Waals surface area contributed by atoms with Gasteiger partial charge in [0.25, 0.3) is 0 Å². The van der Waals surface area contributed by atoms with Gasteiger partial charge in [0.2, 0.25) is 0 Å². The summed E-state index contributed by atoms with van der Waals surface area (Å²) in [5.41, 5.74) is 3.22. The van der Waals surface area contributed by atoms with Crippen LogP contribution in [-0.2, 0) is 0 Å². The van der Waals surface area contributed by atoms with Crippen molar-refractivity contribution in [3.63, 3.8) is 0 Å². The largest absolute Gasteiger partial charge is 0.362 e. The molecule has 0 spiro atoms. The fraction of sp³-hybridized carbons (Fsp3) is 0.125. The maximum atomic E-state index is 5.84. The lowest BCUT2D eigenvalue weighted by molar-refractivity contribution is 0.871. The van der Waals surface area contributed by atoms with Gasteiger partial charge in [-0.15, -0.1) is 0 Å². The molecule has 0 amide bonds. The SMILES string of the molecule is CC(Nc1cncc(Cl)n1)c1ccc(-c2cncnc2)cc1. The van der Waals surface area contributed by atoms with Gasteiger partial charge in [-0.2, -0.15) is 0 Å². The maximum absolute atomic E-state index is 5.84. The van der Waals surface area contributed by atoms with E-state index in [4.69, 9.17) is 11.6 Å². The summed E-state index contributed by atoms with van der Waals surface area (Å²) in [4.78, 5) is 16.3. The Hall–Kier alpha value is -2.53. The van der Waals surface area contributed by atoms with Crippen molar-refractivity contribution in [3.05, 3.63) is 66.1 Å². The van der Waals surface area contributed by atoms with Crippen LogP contribution in [0.5, 0.6) is 0 Å². The third kappa shape index (κ3) is 3.38. The molecule has 0 saturated heterocycles. The molecule has 0 saturated carbocycles. The first-order chi connectivity index (χ1) is 10.7. The van der Waals surface area contributed by atoms with Crippen molar-refractivity contribution < 1.29 is 0 Å². The number of nitrogens with zero attached hydrogens (tertiary/aromatic N) is 4. The van der Waals surface area contributed by atoms with Crippen LogP contribution in [-0.4, -0.2) is 19.9 Å². The normalized spacial score (nSPS) is 11.9. The zero-order valence-electron chi connectivity index (χ0n) is 11.9. The first-order valence-corrected chi connectivity index (χ1v) is 7.19. The second-order valence-electron chi connectivity index (χ2n) is 4.84. The predicted molar refractivity (Wildman–Crippen MR) is 86.5 cm³/mol. The quantitative estimate of drug-likeness (QED) is 0.794. The molecule has 3 rings (SSSR count). The van der Waals surface area contributed by atoms with Crippen molar-refractivity contribution in [1.29, 1.82) is 0 Å². The zero-order chi connectivity index (χ0) is 15.4. The molecule has 0 bridgehead atoms. The van der Waals surface area contributed by atoms with Gasteiger partial charge in [-0.1, -0.05) is 35.9 Å². The summed E-state index contributed by atoms with van der Waals surface area (Å²) < 4.78 is 0. The Labute approximate surface area is 133 Å². The lowest BCUT2D eigenvalue weighted by atomic mass is 10.0. The Kier molecular flexibility index (Phi) is 4.25. The molecule has 1 atom stereocenters. The highest BCUT2D eigenvalue weighted by molar-refractivity contribution is 6.29. The molecule has 0 aliphatic heterocycles. The van der Waals surface area contributed by atoms with E-state index in [1.165, 1.54) is 12.5 Å². The van der Waals surface area contributed by atoms with Crippen molar-refractivity contribution in [1.82, 2.24) is 19.9 Å². The average molecular weight is 312 g/mol. The molecule has 0 radical (unpaired) electrons. The van der Waals surface area contributed by atoms with Crippen molar-refractivity contribution in [3.8, 4) is 11.1 Å². The summed E-state index contributed by atoms with van der Waals surface area (Å²) in [5, 5.41) is 3.65. The summed E-state index contributed by atoms with van der Waals surface area (Å²) >= 11 is 5.84. The Morgan fingerprint density at radius 3 is 2.32 bits per heavy atom. The lowest BCUT2D eigenvalue weighted by Gasteiger charge is -2.15. The first kappa shape index (κ1) is 14.4. The third-order valence-corrected chi connectivity index (χ3v) is 3.46. The number of halogens is 1. The summed E-state index contributed by atoms with van der Waals surface area (Å²) in [6, 6.07) is 8.33. The zero-order valence-corrected chi connectivity index (χ0v) is 12.7. The van der Waals surface area contributed by atoms with Gasteiger partial charge in [-0.25, -0.2) is 15.0 Å². The molecule has 22 heavy (non-hydrogen) atoms. The second-order valence-corrected chi connectivity index (χ2v) is 5.23. The van der Waals surface area contributed by atoms with E-state index in [0.717, 1.165) is 16.7 Å². The number of rotatable bonds is 4. The number of anilines is 1. The van der Waals surface area contributed by atoms with Gasteiger partial charge in [0.1, 0.15) is 17.3 Å². The predicted octanol–water partition coefficient (Wildman–Crippen LogP) is 3.76. The number of hydrogen-bond donors (Lipinski definition) is 1. The van der Waals surface area contributed by atoms with Gasteiger partial charge in [0.15, 0.2) is 0 Å². The van der Waals surface area contributed by atoms with Crippen LogP contribution in [0.25, 0.3) is 11.1 Å². The highest BCUT2D eigenvalue weighted by atomic mass is 35.5. The molecule has 0 aliphatic carbocycles. The topological polar surface area (TPSA) is 63.6 Å². The smallest absolute Gasteiger partial charge is 0.149 e. The number of benzene rings is 1. The molecular formula is C16H14ClN5. The number of aromatic nitrogens is 4. The average Bonchev–Trinajstić information content (AvgIpc) is 2.56. The molecule has 110 valence electrons. The van der Waals surface area contributed by atoms with E-state index in [2.05, 4.69) is 56.4 Å². The molecule has 2 aromatic heterocycles. The molecule has 0 aliphatic rings. The minimum absolute atomic E-state index is 0.0915. The Morgan fingerprint density at radius 2 is 1.64 bits per heavy atom. The minimum Gasteiger partial charge on any atom is -0.362 e. The van der Waals surface area contributed by atoms with Crippen LogP contribution in [0, 0.1) is 0 Å². The van der Waals surface area contributed by atoms with Gasteiger partial charge in [0.05, 0.1) is 12.4 Å². The van der Waals surface area contributed by atoms with Crippen LogP contribution in [0.3, 0.4) is 0 Å². The maximum Gasteiger partial charge on any atom is 0.149 e. The van der Waals surface area contributed by atoms with Gasteiger partial charge in [-0.05, 0) is 18.1 Å². The fourth-order valence-electron chi connectivity index (χ4n) is 2.13. The van der Waals surface area contributed by atoms with Crippen LogP contribution >= 0.6 is 11.6 Å². The molecule has 0 fully saturated rings. The number of nitrogens with one attached hydrogen (secondary N) is 1. The van der Waals surface area contributed by atoms with Gasteiger partial charge < -0.3 is 5.32 Å². The lowest BCUT2D eigenvalue weighted by Crippen LogP contribution is -2.08. The second kappa shape index (κ2) is 6.49. The van der Waals surface area contributed by atoms with Crippen LogP contribution in [0.1, 0.15) is 18.5 Å². The standard InChI is InChI=1S/C16H14ClN5/c1-11(21-16-9-18-8-15(17)22-16)12-2-4-13(5-3-12)14-6-19-10-20-7-14/h2-11H,1H3,(H,21,22). The molecule has 5 nitrogen and oxygen atoms in total. The van der Waals surface area contributed by atoms with Crippen LogP contribution in [0.2, 0.25) is 5.15 Å². The third-order valence-electron chi connectivity index (χ3n) is 3.27. The number of hydrogen-bond acceptors (Lipinski definition) is 5. The van der Waals surface area contributed by atoms with Crippen LogP contribution in [0.15, 0.2) is 55.4 Å². The minimum atomic E-state index is 0.0915. The molecule has 3 aromatic rings. The summed E-state index contributed by atoms with van der Waals surface area (Å²) in [6.45, 7) is 2.06. The summed E-state index contributed by atoms with van der Waals surface area (Å²) in [6.07, 6.45) is 8.28. The van der Waals surface area contributed by atoms with Crippen molar-refractivity contribution in [2.75, 3.05) is 5.32 Å². The van der Waals surface area contributed by atoms with Crippen molar-refractivity contribution in [2.45, 2.75) is 13.0 Å². The van der Waals surface area contributed by atoms with E-state index in [-0.39, 0.29) is 6.04 Å². The van der Waals surface area contributed by atoms with E-state index in [9.17, 15) is 0 Å². The molecule has 1 N–H and O–H groups in total. The van der Waals surface area contributed by atoms with Crippen LogP contribution in [0.4, 0.5) is 5.82 Å². The van der Waals surface area contributed by atoms with Crippen LogP contribution < -0.4 is 5.32 Å². The van der Waals surface area contributed by atoms with E-state index < -0.39 is 0 Å². The van der Waals surface area contributed by atoms with E-state index in [1.807, 2.05) is 0 Å². The molecule has 1 unspecified atom stereocenters. The van der Waals surface area contributed by atoms with Gasteiger partial charge in [0, 0.05) is 24.0 Å². The summed E-state index contributed by atoms with van der Waals surface area (Å²) in [7, 11) is 0. The Bertz CT molecular complexity index is 746. The van der Waals surface area contributed by atoms with E-state index in [1.54, 1.807) is 18.6 Å². The Morgan fingerprint density at radius 1 is 0.909 bits per heavy atom. The van der Waals surface area contributed by atoms with Crippen molar-refractivity contribution in [2.24, 2.45) is 0 Å². The highest BCUT2D eigenvalue weighted by Crippen LogP contribution is 2.22. The monoisotopic (exact) mass is 311 g/mol. The van der Waals surface area contributed by atoms with Crippen molar-refractivity contribution >= 4 is 17.4 Å². The fourth-order valence-corrected chi connectivity index (χ4v) is 2.28. The summed E-state index contributed by atoms with van der Waals surface area (Å²) in [5.74, 6) is 0.653. The molecule has 2 heterocycles. The van der Waals surface area contributed by atoms with Gasteiger partial charge in [-0.3, -0.25) is 4.98 Å². The Balaban J connectivity index is 1.75. The molecular weight excluding hydrogens is 298 g/mol. The molecule has 6 heteroatoms. The van der Waals surface area contributed by atoms with Gasteiger partial charge >= 0.3 is 0 Å². The highest BCUT2D eigenvalue weighted by Gasteiger charge is 2.07.